The maximum Gasteiger partial charge on any atom is 0.224 e. The lowest BCUT2D eigenvalue weighted by Gasteiger charge is -2.18. The van der Waals surface area contributed by atoms with Crippen molar-refractivity contribution in [1.82, 2.24) is 14.5 Å². The number of aromatic amines is 1. The molecule has 6 heteroatoms. The number of carbonyl (C=O) groups excluding carboxylic acids is 1. The fourth-order valence-electron chi connectivity index (χ4n) is 2.29. The molecule has 0 aliphatic rings. The zero-order valence-electron chi connectivity index (χ0n) is 11.6. The molecule has 1 aromatic heterocycles. The SMILES string of the molecule is CCN(CC)C(=O)CCn1c(=S)[nH]c2ccc(F)cc21. The molecule has 0 saturated heterocycles. The monoisotopic (exact) mass is 295 g/mol. The molecule has 0 aliphatic heterocycles. The van der Waals surface area contributed by atoms with Gasteiger partial charge in [-0.1, -0.05) is 0 Å². The van der Waals surface area contributed by atoms with Crippen molar-refractivity contribution in [2.75, 3.05) is 13.1 Å². The Bertz CT molecular complexity index is 673. The Balaban J connectivity index is 2.22. The number of carbonyl (C=O) groups is 1. The van der Waals surface area contributed by atoms with Crippen LogP contribution in [0.1, 0.15) is 20.3 Å². The fraction of sp³-hybridized carbons (Fsp3) is 0.429. The van der Waals surface area contributed by atoms with E-state index in [1.54, 1.807) is 15.5 Å². The Morgan fingerprint density at radius 1 is 1.40 bits per heavy atom. The molecular formula is C14H18FN3OS. The molecule has 0 atom stereocenters. The highest BCUT2D eigenvalue weighted by Crippen LogP contribution is 2.16. The van der Waals surface area contributed by atoms with Gasteiger partial charge in [0.25, 0.3) is 0 Å². The minimum absolute atomic E-state index is 0.0858. The molecule has 0 unspecified atom stereocenters. The summed E-state index contributed by atoms with van der Waals surface area (Å²) in [5, 5.41) is 0. The molecule has 0 radical (unpaired) electrons. The summed E-state index contributed by atoms with van der Waals surface area (Å²) in [4.78, 5) is 16.8. The lowest BCUT2D eigenvalue weighted by molar-refractivity contribution is -0.131. The normalized spacial score (nSPS) is 10.9. The van der Waals surface area contributed by atoms with Gasteiger partial charge in [0, 0.05) is 26.1 Å². The van der Waals surface area contributed by atoms with Crippen LogP contribution in [0, 0.1) is 10.6 Å². The molecule has 108 valence electrons. The van der Waals surface area contributed by atoms with Crippen LogP contribution in [0.3, 0.4) is 0 Å². The molecule has 20 heavy (non-hydrogen) atoms. The zero-order valence-corrected chi connectivity index (χ0v) is 12.5. The molecule has 1 aromatic carbocycles. The van der Waals surface area contributed by atoms with Gasteiger partial charge in [0.2, 0.25) is 5.91 Å². The quantitative estimate of drug-likeness (QED) is 0.861. The number of fused-ring (bicyclic) bond motifs is 1. The molecule has 0 bridgehead atoms. The second-order valence-electron chi connectivity index (χ2n) is 4.56. The number of nitrogens with zero attached hydrogens (tertiary/aromatic N) is 2. The van der Waals surface area contributed by atoms with Gasteiger partial charge in [-0.05, 0) is 44.3 Å². The average molecular weight is 295 g/mol. The summed E-state index contributed by atoms with van der Waals surface area (Å²) in [5.41, 5.74) is 1.48. The van der Waals surface area contributed by atoms with Crippen molar-refractivity contribution in [3.05, 3.63) is 28.8 Å². The van der Waals surface area contributed by atoms with Crippen molar-refractivity contribution in [2.45, 2.75) is 26.8 Å². The van der Waals surface area contributed by atoms with Gasteiger partial charge in [-0.25, -0.2) is 4.39 Å². The number of hydrogen-bond donors (Lipinski definition) is 1. The van der Waals surface area contributed by atoms with E-state index in [1.165, 1.54) is 12.1 Å². The average Bonchev–Trinajstić information content (AvgIpc) is 2.73. The standard InChI is InChI=1S/C14H18FN3OS/c1-3-17(4-2)13(19)7-8-18-12-9-10(15)5-6-11(12)16-14(18)20/h5-6,9H,3-4,7-8H2,1-2H3,(H,16,20). The number of aryl methyl sites for hydroxylation is 1. The molecule has 2 rings (SSSR count). The Morgan fingerprint density at radius 2 is 2.10 bits per heavy atom. The van der Waals surface area contributed by atoms with Gasteiger partial charge in [0.1, 0.15) is 5.82 Å². The van der Waals surface area contributed by atoms with Crippen LogP contribution in [0.25, 0.3) is 11.0 Å². The third-order valence-corrected chi connectivity index (χ3v) is 3.73. The highest BCUT2D eigenvalue weighted by molar-refractivity contribution is 7.71. The zero-order chi connectivity index (χ0) is 14.7. The highest BCUT2D eigenvalue weighted by Gasteiger charge is 2.11. The highest BCUT2D eigenvalue weighted by atomic mass is 32.1. The van der Waals surface area contributed by atoms with Crippen LogP contribution in [0.15, 0.2) is 18.2 Å². The number of rotatable bonds is 5. The summed E-state index contributed by atoms with van der Waals surface area (Å²) in [5.74, 6) is -0.224. The second kappa shape index (κ2) is 6.17. The first-order valence-electron chi connectivity index (χ1n) is 6.72. The summed E-state index contributed by atoms with van der Waals surface area (Å²) in [7, 11) is 0. The number of H-pyrrole nitrogens is 1. The number of hydrogen-bond acceptors (Lipinski definition) is 2. The molecule has 2 aromatic rings. The molecule has 1 heterocycles. The number of nitrogens with one attached hydrogen (secondary N) is 1. The van der Waals surface area contributed by atoms with E-state index >= 15 is 0 Å². The summed E-state index contributed by atoms with van der Waals surface area (Å²) < 4.78 is 15.6. The van der Waals surface area contributed by atoms with Crippen LogP contribution in [-0.4, -0.2) is 33.4 Å². The van der Waals surface area contributed by atoms with Crippen molar-refractivity contribution in [3.63, 3.8) is 0 Å². The summed E-state index contributed by atoms with van der Waals surface area (Å²) in [6.45, 7) is 5.76. The molecular weight excluding hydrogens is 277 g/mol. The van der Waals surface area contributed by atoms with Crippen LogP contribution in [0.4, 0.5) is 4.39 Å². The van der Waals surface area contributed by atoms with Crippen LogP contribution >= 0.6 is 12.2 Å². The number of halogens is 1. The molecule has 0 spiro atoms. The number of imidazole rings is 1. The van der Waals surface area contributed by atoms with E-state index in [9.17, 15) is 9.18 Å². The van der Waals surface area contributed by atoms with Crippen LogP contribution < -0.4 is 0 Å². The summed E-state index contributed by atoms with van der Waals surface area (Å²) in [6, 6.07) is 4.48. The molecule has 4 nitrogen and oxygen atoms in total. The van der Waals surface area contributed by atoms with E-state index in [-0.39, 0.29) is 11.7 Å². The van der Waals surface area contributed by atoms with Crippen molar-refractivity contribution in [2.24, 2.45) is 0 Å². The number of aromatic nitrogens is 2. The topological polar surface area (TPSA) is 41.0 Å². The smallest absolute Gasteiger partial charge is 0.224 e. The van der Waals surface area contributed by atoms with E-state index in [0.29, 0.717) is 36.3 Å². The molecule has 0 saturated carbocycles. The molecule has 1 amide bonds. The van der Waals surface area contributed by atoms with Gasteiger partial charge >= 0.3 is 0 Å². The van der Waals surface area contributed by atoms with Crippen LogP contribution in [0.5, 0.6) is 0 Å². The van der Waals surface area contributed by atoms with Gasteiger partial charge in [-0.3, -0.25) is 4.79 Å². The van der Waals surface area contributed by atoms with Crippen molar-refractivity contribution in [1.29, 1.82) is 0 Å². The van der Waals surface area contributed by atoms with Crippen molar-refractivity contribution >= 4 is 29.2 Å². The first-order valence-corrected chi connectivity index (χ1v) is 7.13. The summed E-state index contributed by atoms with van der Waals surface area (Å²) in [6.07, 6.45) is 0.361. The van der Waals surface area contributed by atoms with E-state index < -0.39 is 0 Å². The van der Waals surface area contributed by atoms with E-state index in [4.69, 9.17) is 12.2 Å². The largest absolute Gasteiger partial charge is 0.343 e. The predicted molar refractivity (Wildman–Crippen MR) is 79.6 cm³/mol. The maximum absolute atomic E-state index is 13.3. The Labute approximate surface area is 122 Å². The van der Waals surface area contributed by atoms with E-state index in [2.05, 4.69) is 4.98 Å². The lowest BCUT2D eigenvalue weighted by Crippen LogP contribution is -2.31. The predicted octanol–water partition coefficient (Wildman–Crippen LogP) is 3.10. The van der Waals surface area contributed by atoms with Gasteiger partial charge in [0.15, 0.2) is 4.77 Å². The maximum atomic E-state index is 13.3. The van der Waals surface area contributed by atoms with Crippen molar-refractivity contribution < 1.29 is 9.18 Å². The molecule has 1 N–H and O–H groups in total. The van der Waals surface area contributed by atoms with Gasteiger partial charge in [-0.2, -0.15) is 0 Å². The van der Waals surface area contributed by atoms with Gasteiger partial charge < -0.3 is 14.5 Å². The van der Waals surface area contributed by atoms with Crippen LogP contribution in [0.2, 0.25) is 0 Å². The lowest BCUT2D eigenvalue weighted by atomic mass is 10.3. The number of benzene rings is 1. The third-order valence-electron chi connectivity index (χ3n) is 3.40. The Hall–Kier alpha value is -1.69. The Morgan fingerprint density at radius 3 is 2.75 bits per heavy atom. The van der Waals surface area contributed by atoms with E-state index in [1.807, 2.05) is 13.8 Å². The minimum atomic E-state index is -0.310. The summed E-state index contributed by atoms with van der Waals surface area (Å²) >= 11 is 5.23. The third kappa shape index (κ3) is 2.90. The number of amides is 1. The first kappa shape index (κ1) is 14.7. The Kier molecular flexibility index (Phi) is 4.54. The molecule has 0 aliphatic carbocycles. The van der Waals surface area contributed by atoms with Gasteiger partial charge in [0.05, 0.1) is 11.0 Å². The van der Waals surface area contributed by atoms with Gasteiger partial charge in [-0.15, -0.1) is 0 Å². The molecule has 0 fully saturated rings. The fourth-order valence-corrected chi connectivity index (χ4v) is 2.59. The minimum Gasteiger partial charge on any atom is -0.343 e. The van der Waals surface area contributed by atoms with Crippen LogP contribution in [-0.2, 0) is 11.3 Å². The van der Waals surface area contributed by atoms with E-state index in [0.717, 1.165) is 5.52 Å². The van der Waals surface area contributed by atoms with Crippen molar-refractivity contribution in [3.8, 4) is 0 Å². The second-order valence-corrected chi connectivity index (χ2v) is 4.95. The first-order chi connectivity index (χ1) is 9.56.